The van der Waals surface area contributed by atoms with Gasteiger partial charge in [0.15, 0.2) is 0 Å². The number of aromatic nitrogens is 2. The van der Waals surface area contributed by atoms with E-state index in [1.54, 1.807) is 6.07 Å². The molecule has 1 aliphatic heterocycles. The van der Waals surface area contributed by atoms with E-state index in [-0.39, 0.29) is 0 Å². The van der Waals surface area contributed by atoms with E-state index < -0.39 is 0 Å². The number of rotatable bonds is 2. The van der Waals surface area contributed by atoms with E-state index in [1.165, 1.54) is 24.3 Å². The summed E-state index contributed by atoms with van der Waals surface area (Å²) in [5.74, 6) is 4.34. The van der Waals surface area contributed by atoms with E-state index >= 15 is 0 Å². The third-order valence-corrected chi connectivity index (χ3v) is 4.72. The van der Waals surface area contributed by atoms with E-state index in [4.69, 9.17) is 17.3 Å². The van der Waals surface area contributed by atoms with Gasteiger partial charge in [-0.15, -0.1) is 0 Å². The molecule has 1 aromatic carbocycles. The smallest absolute Gasteiger partial charge is 0.112 e. The van der Waals surface area contributed by atoms with Crippen molar-refractivity contribution in [2.24, 2.45) is 5.92 Å². The van der Waals surface area contributed by atoms with Crippen LogP contribution in [0.1, 0.15) is 18.7 Å². The summed E-state index contributed by atoms with van der Waals surface area (Å²) in [6, 6.07) is 3.65. The normalized spacial score (nSPS) is 17.4. The molecule has 3 nitrogen and oxygen atoms in total. The summed E-state index contributed by atoms with van der Waals surface area (Å²) in [4.78, 5) is 7.94. The van der Waals surface area contributed by atoms with Crippen molar-refractivity contribution in [1.29, 1.82) is 0 Å². The molecule has 5 heteroatoms. The summed E-state index contributed by atoms with van der Waals surface area (Å²) in [7, 11) is 0. The van der Waals surface area contributed by atoms with E-state index in [1.807, 2.05) is 6.07 Å². The number of hydrogen-bond acceptors (Lipinski definition) is 3. The second kappa shape index (κ2) is 5.02. The number of hydrogen-bond donors (Lipinski definition) is 2. The van der Waals surface area contributed by atoms with Crippen LogP contribution in [0.3, 0.4) is 0 Å². The Morgan fingerprint density at radius 3 is 2.94 bits per heavy atom. The maximum atomic E-state index is 5.99. The molecular weight excluding hydrogens is 266 g/mol. The molecular formula is C13H16ClN3S. The maximum Gasteiger partial charge on any atom is 0.112 e. The molecule has 3 rings (SSSR count). The molecule has 0 saturated carbocycles. The molecule has 0 bridgehead atoms. The Kier molecular flexibility index (Phi) is 3.39. The van der Waals surface area contributed by atoms with Crippen molar-refractivity contribution in [2.75, 3.05) is 17.2 Å². The number of fused-ring (bicyclic) bond motifs is 1. The lowest BCUT2D eigenvalue weighted by Crippen LogP contribution is -2.12. The van der Waals surface area contributed by atoms with Crippen molar-refractivity contribution < 1.29 is 0 Å². The van der Waals surface area contributed by atoms with Gasteiger partial charge >= 0.3 is 0 Å². The quantitative estimate of drug-likeness (QED) is 0.829. The fourth-order valence-electron chi connectivity index (χ4n) is 2.48. The largest absolute Gasteiger partial charge is 0.397 e. The lowest BCUT2D eigenvalue weighted by atomic mass is 9.99. The van der Waals surface area contributed by atoms with Gasteiger partial charge in [-0.3, -0.25) is 0 Å². The maximum absolute atomic E-state index is 5.99. The first-order chi connectivity index (χ1) is 8.72. The highest BCUT2D eigenvalue weighted by Gasteiger charge is 2.16. The summed E-state index contributed by atoms with van der Waals surface area (Å²) in [5.41, 5.74) is 8.38. The van der Waals surface area contributed by atoms with Gasteiger partial charge in [0.05, 0.1) is 11.2 Å². The van der Waals surface area contributed by atoms with Crippen LogP contribution in [0.5, 0.6) is 0 Å². The van der Waals surface area contributed by atoms with Gasteiger partial charge in [0, 0.05) is 11.4 Å². The van der Waals surface area contributed by atoms with Crippen molar-refractivity contribution in [2.45, 2.75) is 19.3 Å². The molecule has 1 fully saturated rings. The monoisotopic (exact) mass is 281 g/mol. The predicted octanol–water partition coefficient (Wildman–Crippen LogP) is 3.48. The SMILES string of the molecule is Nc1cc(Cl)cc2[nH]c(CC3CCSCC3)nc12. The Bertz CT molecular complexity index is 561. The summed E-state index contributed by atoms with van der Waals surface area (Å²) in [6.45, 7) is 0. The van der Waals surface area contributed by atoms with Crippen LogP contribution in [0.25, 0.3) is 11.0 Å². The molecule has 0 spiro atoms. The number of benzene rings is 1. The second-order valence-electron chi connectivity index (χ2n) is 4.83. The lowest BCUT2D eigenvalue weighted by molar-refractivity contribution is 0.478. The third kappa shape index (κ3) is 2.45. The minimum absolute atomic E-state index is 0.652. The van der Waals surface area contributed by atoms with Gasteiger partial charge in [-0.25, -0.2) is 4.98 Å². The molecule has 0 atom stereocenters. The van der Waals surface area contributed by atoms with Crippen molar-refractivity contribution in [1.82, 2.24) is 9.97 Å². The number of imidazole rings is 1. The minimum Gasteiger partial charge on any atom is -0.397 e. The fraction of sp³-hybridized carbons (Fsp3) is 0.462. The molecule has 2 aromatic rings. The number of nitrogens with two attached hydrogens (primary N) is 1. The summed E-state index contributed by atoms with van der Waals surface area (Å²) in [6.07, 6.45) is 3.60. The molecule has 0 aliphatic carbocycles. The molecule has 96 valence electrons. The lowest BCUT2D eigenvalue weighted by Gasteiger charge is -2.19. The number of H-pyrrole nitrogens is 1. The number of anilines is 1. The summed E-state index contributed by atoms with van der Waals surface area (Å²) >= 11 is 8.05. The van der Waals surface area contributed by atoms with Crippen LogP contribution in [0.15, 0.2) is 12.1 Å². The summed E-state index contributed by atoms with van der Waals surface area (Å²) < 4.78 is 0. The van der Waals surface area contributed by atoms with Crippen molar-refractivity contribution >= 4 is 40.1 Å². The molecule has 0 radical (unpaired) electrons. The van der Waals surface area contributed by atoms with Gasteiger partial charge < -0.3 is 10.7 Å². The zero-order chi connectivity index (χ0) is 12.5. The molecule has 0 unspecified atom stereocenters. The topological polar surface area (TPSA) is 54.7 Å². The van der Waals surface area contributed by atoms with E-state index in [0.29, 0.717) is 10.7 Å². The Morgan fingerprint density at radius 2 is 2.17 bits per heavy atom. The highest BCUT2D eigenvalue weighted by molar-refractivity contribution is 7.99. The van der Waals surface area contributed by atoms with Gasteiger partial charge in [-0.05, 0) is 42.4 Å². The van der Waals surface area contributed by atoms with Crippen LogP contribution in [0.4, 0.5) is 5.69 Å². The van der Waals surface area contributed by atoms with Crippen molar-refractivity contribution in [3.05, 3.63) is 23.0 Å². The first-order valence-electron chi connectivity index (χ1n) is 6.24. The van der Waals surface area contributed by atoms with Crippen LogP contribution >= 0.6 is 23.4 Å². The molecule has 1 aromatic heterocycles. The fourth-order valence-corrected chi connectivity index (χ4v) is 3.91. The minimum atomic E-state index is 0.652. The van der Waals surface area contributed by atoms with Gasteiger partial charge in [0.2, 0.25) is 0 Å². The molecule has 18 heavy (non-hydrogen) atoms. The molecule has 1 saturated heterocycles. The Hall–Kier alpha value is -0.870. The highest BCUT2D eigenvalue weighted by atomic mass is 35.5. The van der Waals surface area contributed by atoms with E-state index in [2.05, 4.69) is 21.7 Å². The first-order valence-corrected chi connectivity index (χ1v) is 7.77. The second-order valence-corrected chi connectivity index (χ2v) is 6.50. The van der Waals surface area contributed by atoms with Crippen LogP contribution < -0.4 is 5.73 Å². The highest BCUT2D eigenvalue weighted by Crippen LogP contribution is 2.28. The number of nitrogen functional groups attached to an aromatic ring is 1. The molecule has 1 aliphatic rings. The van der Waals surface area contributed by atoms with Gasteiger partial charge in [0.25, 0.3) is 0 Å². The average Bonchev–Trinajstić information content (AvgIpc) is 2.73. The molecule has 2 heterocycles. The first kappa shape index (κ1) is 12.2. The Balaban J connectivity index is 1.86. The van der Waals surface area contributed by atoms with E-state index in [0.717, 1.165) is 29.2 Å². The standard InChI is InChI=1S/C13H16ClN3S/c14-9-6-10(15)13-11(7-9)16-12(17-13)5-8-1-3-18-4-2-8/h6-8H,1-5,15H2,(H,16,17). The zero-order valence-electron chi connectivity index (χ0n) is 10.1. The number of thioether (sulfide) groups is 1. The van der Waals surface area contributed by atoms with Gasteiger partial charge in [0.1, 0.15) is 11.3 Å². The molecule has 0 amide bonds. The van der Waals surface area contributed by atoms with E-state index in [9.17, 15) is 0 Å². The van der Waals surface area contributed by atoms with Gasteiger partial charge in [-0.2, -0.15) is 11.8 Å². The summed E-state index contributed by atoms with van der Waals surface area (Å²) in [5, 5.41) is 0.657. The van der Waals surface area contributed by atoms with Crippen LogP contribution in [0.2, 0.25) is 5.02 Å². The Labute approximate surface area is 115 Å². The zero-order valence-corrected chi connectivity index (χ0v) is 11.7. The number of halogens is 1. The van der Waals surface area contributed by atoms with Gasteiger partial charge in [-0.1, -0.05) is 11.6 Å². The van der Waals surface area contributed by atoms with Crippen LogP contribution in [-0.2, 0) is 6.42 Å². The average molecular weight is 282 g/mol. The van der Waals surface area contributed by atoms with Crippen LogP contribution in [-0.4, -0.2) is 21.5 Å². The number of nitrogens with zero attached hydrogens (tertiary/aromatic N) is 1. The predicted molar refractivity (Wildman–Crippen MR) is 79.3 cm³/mol. The number of nitrogens with one attached hydrogen (secondary N) is 1. The van der Waals surface area contributed by atoms with Crippen molar-refractivity contribution in [3.63, 3.8) is 0 Å². The van der Waals surface area contributed by atoms with Crippen LogP contribution in [0, 0.1) is 5.92 Å². The third-order valence-electron chi connectivity index (χ3n) is 3.45. The number of aromatic amines is 1. The van der Waals surface area contributed by atoms with Crippen molar-refractivity contribution in [3.8, 4) is 0 Å². The molecule has 3 N–H and O–H groups in total. The Morgan fingerprint density at radius 1 is 1.39 bits per heavy atom.